The Morgan fingerprint density at radius 2 is 2.19 bits per heavy atom. The molecule has 140 valence electrons. The Balaban J connectivity index is 1.64. The predicted molar refractivity (Wildman–Crippen MR) is 105 cm³/mol. The van der Waals surface area contributed by atoms with Gasteiger partial charge < -0.3 is 19.6 Å². The summed E-state index contributed by atoms with van der Waals surface area (Å²) >= 11 is 0. The normalized spacial score (nSPS) is 17.2. The number of nitrogens with zero attached hydrogens (tertiary/aromatic N) is 1. The Morgan fingerprint density at radius 3 is 2.93 bits per heavy atom. The van der Waals surface area contributed by atoms with Crippen LogP contribution in [-0.4, -0.2) is 23.6 Å². The molecule has 0 radical (unpaired) electrons. The van der Waals surface area contributed by atoms with E-state index in [1.54, 1.807) is 6.92 Å². The monoisotopic (exact) mass is 365 g/mol. The minimum absolute atomic E-state index is 0.0652. The van der Waals surface area contributed by atoms with Crippen molar-refractivity contribution < 1.29 is 9.21 Å². The Hall–Kier alpha value is -2.86. The lowest BCUT2D eigenvalue weighted by molar-refractivity contribution is 0.102. The van der Waals surface area contributed by atoms with Gasteiger partial charge in [0.15, 0.2) is 0 Å². The third-order valence-corrected chi connectivity index (χ3v) is 5.27. The molecule has 27 heavy (non-hydrogen) atoms. The molecule has 0 spiro atoms. The highest BCUT2D eigenvalue weighted by molar-refractivity contribution is 6.09. The van der Waals surface area contributed by atoms with Gasteiger partial charge in [0.05, 0.1) is 5.69 Å². The lowest BCUT2D eigenvalue weighted by Gasteiger charge is -2.22. The topological polar surface area (TPSA) is 76.3 Å². The van der Waals surface area contributed by atoms with E-state index in [4.69, 9.17) is 4.42 Å². The van der Waals surface area contributed by atoms with Gasteiger partial charge in [-0.1, -0.05) is 6.07 Å². The Kier molecular flexibility index (Phi) is 4.58. The molecule has 6 heteroatoms. The van der Waals surface area contributed by atoms with Crippen LogP contribution >= 0.6 is 0 Å². The number of piperidine rings is 1. The molecule has 1 amide bonds. The van der Waals surface area contributed by atoms with Crippen molar-refractivity contribution in [2.75, 3.05) is 18.4 Å². The third-order valence-electron chi connectivity index (χ3n) is 5.27. The fourth-order valence-corrected chi connectivity index (χ4v) is 3.80. The highest BCUT2D eigenvalue weighted by Gasteiger charge is 2.23. The van der Waals surface area contributed by atoms with E-state index in [2.05, 4.69) is 10.6 Å². The van der Waals surface area contributed by atoms with E-state index in [1.165, 1.54) is 0 Å². The first-order chi connectivity index (χ1) is 13.0. The second-order valence-corrected chi connectivity index (χ2v) is 7.16. The second-order valence-electron chi connectivity index (χ2n) is 7.16. The molecule has 1 aliphatic rings. The summed E-state index contributed by atoms with van der Waals surface area (Å²) in [5, 5.41) is 7.12. The molecular weight excluding hydrogens is 342 g/mol. The predicted octanol–water partition coefficient (Wildman–Crippen LogP) is 3.16. The zero-order chi connectivity index (χ0) is 19.0. The standard InChI is InChI=1S/C21H23N3O3/c1-13-11-18(14-5-4-9-22-12-14)27-21(26)19(13)20(25)23-16-6-3-7-17-15(16)8-10-24(17)2/h3,6-8,10-11,14,22H,4-5,9,12H2,1-2H3,(H,23,25). The van der Waals surface area contributed by atoms with Crippen molar-refractivity contribution >= 4 is 22.5 Å². The zero-order valence-electron chi connectivity index (χ0n) is 15.5. The minimum atomic E-state index is -0.576. The molecule has 2 aromatic heterocycles. The summed E-state index contributed by atoms with van der Waals surface area (Å²) < 4.78 is 7.50. The number of fused-ring (bicyclic) bond motifs is 1. The summed E-state index contributed by atoms with van der Waals surface area (Å²) in [7, 11) is 1.95. The van der Waals surface area contributed by atoms with Crippen molar-refractivity contribution in [1.29, 1.82) is 0 Å². The van der Waals surface area contributed by atoms with Crippen molar-refractivity contribution in [3.05, 3.63) is 63.8 Å². The highest BCUT2D eigenvalue weighted by atomic mass is 16.4. The second kappa shape index (κ2) is 7.04. The van der Waals surface area contributed by atoms with Crippen LogP contribution in [0.3, 0.4) is 0 Å². The van der Waals surface area contributed by atoms with Crippen LogP contribution in [0.5, 0.6) is 0 Å². The largest absolute Gasteiger partial charge is 0.427 e. The van der Waals surface area contributed by atoms with E-state index in [9.17, 15) is 9.59 Å². The maximum absolute atomic E-state index is 12.8. The number of anilines is 1. The van der Waals surface area contributed by atoms with E-state index >= 15 is 0 Å². The number of aromatic nitrogens is 1. The number of nitrogens with one attached hydrogen (secondary N) is 2. The molecule has 4 rings (SSSR count). The molecule has 3 aromatic rings. The number of hydrogen-bond donors (Lipinski definition) is 2. The van der Waals surface area contributed by atoms with Crippen molar-refractivity contribution in [2.24, 2.45) is 7.05 Å². The van der Waals surface area contributed by atoms with Crippen LogP contribution in [0.25, 0.3) is 10.9 Å². The van der Waals surface area contributed by atoms with Crippen molar-refractivity contribution in [2.45, 2.75) is 25.7 Å². The highest BCUT2D eigenvalue weighted by Crippen LogP contribution is 2.26. The van der Waals surface area contributed by atoms with Gasteiger partial charge in [0.2, 0.25) is 0 Å². The van der Waals surface area contributed by atoms with Crippen LogP contribution in [0.1, 0.15) is 40.4 Å². The molecule has 3 heterocycles. The van der Waals surface area contributed by atoms with Gasteiger partial charge in [0, 0.05) is 36.6 Å². The van der Waals surface area contributed by atoms with Gasteiger partial charge >= 0.3 is 5.63 Å². The summed E-state index contributed by atoms with van der Waals surface area (Å²) in [5.41, 5.74) is 1.82. The van der Waals surface area contributed by atoms with Gasteiger partial charge in [-0.2, -0.15) is 0 Å². The summed E-state index contributed by atoms with van der Waals surface area (Å²) in [6.45, 7) is 3.57. The maximum Gasteiger partial charge on any atom is 0.349 e. The van der Waals surface area contributed by atoms with Crippen LogP contribution in [0.15, 0.2) is 45.7 Å². The quantitative estimate of drug-likeness (QED) is 0.748. The van der Waals surface area contributed by atoms with E-state index in [-0.39, 0.29) is 11.5 Å². The Labute approximate surface area is 157 Å². The van der Waals surface area contributed by atoms with Crippen molar-refractivity contribution in [1.82, 2.24) is 9.88 Å². The molecule has 6 nitrogen and oxygen atoms in total. The van der Waals surface area contributed by atoms with Crippen LogP contribution in [-0.2, 0) is 7.05 Å². The molecule has 1 saturated heterocycles. The summed E-state index contributed by atoms with van der Waals surface area (Å²) in [5.74, 6) is 0.401. The van der Waals surface area contributed by atoms with Gasteiger partial charge in [-0.3, -0.25) is 4.79 Å². The third kappa shape index (κ3) is 3.28. The number of benzene rings is 1. The van der Waals surface area contributed by atoms with Gasteiger partial charge in [0.25, 0.3) is 5.91 Å². The molecule has 0 bridgehead atoms. The van der Waals surface area contributed by atoms with E-state index < -0.39 is 11.5 Å². The average Bonchev–Trinajstić information content (AvgIpc) is 3.04. The van der Waals surface area contributed by atoms with Gasteiger partial charge in [-0.05, 0) is 56.1 Å². The van der Waals surface area contributed by atoms with Crippen molar-refractivity contribution in [3.63, 3.8) is 0 Å². The Morgan fingerprint density at radius 1 is 1.33 bits per heavy atom. The van der Waals surface area contributed by atoms with Crippen LogP contribution in [0.4, 0.5) is 5.69 Å². The van der Waals surface area contributed by atoms with Gasteiger partial charge in [-0.15, -0.1) is 0 Å². The fourth-order valence-electron chi connectivity index (χ4n) is 3.80. The van der Waals surface area contributed by atoms with E-state index in [1.807, 2.05) is 48.1 Å². The van der Waals surface area contributed by atoms with Crippen molar-refractivity contribution in [3.8, 4) is 0 Å². The number of amides is 1. The van der Waals surface area contributed by atoms with Gasteiger partial charge in [-0.25, -0.2) is 4.79 Å². The smallest absolute Gasteiger partial charge is 0.349 e. The fraction of sp³-hybridized carbons (Fsp3) is 0.333. The molecule has 1 unspecified atom stereocenters. The molecule has 1 fully saturated rings. The molecule has 0 aliphatic carbocycles. The molecule has 1 atom stereocenters. The Bertz CT molecular complexity index is 1060. The first-order valence-electron chi connectivity index (χ1n) is 9.25. The van der Waals surface area contributed by atoms with Crippen LogP contribution in [0.2, 0.25) is 0 Å². The number of aryl methyl sites for hydroxylation is 2. The lowest BCUT2D eigenvalue weighted by Crippen LogP contribution is -2.30. The molecule has 1 aromatic carbocycles. The molecule has 0 saturated carbocycles. The maximum atomic E-state index is 12.8. The molecular formula is C21H23N3O3. The minimum Gasteiger partial charge on any atom is -0.427 e. The average molecular weight is 365 g/mol. The molecule has 2 N–H and O–H groups in total. The molecule has 1 aliphatic heterocycles. The number of carbonyl (C=O) groups is 1. The SMILES string of the molecule is Cc1cc(C2CCCNC2)oc(=O)c1C(=O)Nc1cccc2c1ccn2C. The summed E-state index contributed by atoms with van der Waals surface area (Å²) in [6.07, 6.45) is 3.97. The lowest BCUT2D eigenvalue weighted by atomic mass is 9.95. The first kappa shape index (κ1) is 17.5. The van der Waals surface area contributed by atoms with Crippen LogP contribution in [0, 0.1) is 6.92 Å². The zero-order valence-corrected chi connectivity index (χ0v) is 15.5. The van der Waals surface area contributed by atoms with Crippen LogP contribution < -0.4 is 16.3 Å². The number of rotatable bonds is 3. The summed E-state index contributed by atoms with van der Waals surface area (Å²) in [4.78, 5) is 25.4. The van der Waals surface area contributed by atoms with Gasteiger partial charge in [0.1, 0.15) is 11.3 Å². The number of hydrogen-bond acceptors (Lipinski definition) is 4. The summed E-state index contributed by atoms with van der Waals surface area (Å²) in [6, 6.07) is 9.47. The van der Waals surface area contributed by atoms with E-state index in [0.717, 1.165) is 36.8 Å². The first-order valence-corrected chi connectivity index (χ1v) is 9.25. The van der Waals surface area contributed by atoms with E-state index in [0.29, 0.717) is 17.0 Å². The number of carbonyl (C=O) groups excluding carboxylic acids is 1.